The highest BCUT2D eigenvalue weighted by Gasteiger charge is 2.42. The Bertz CT molecular complexity index is 1630. The van der Waals surface area contributed by atoms with Crippen molar-refractivity contribution >= 4 is 57.4 Å². The number of rotatable bonds is 9. The predicted molar refractivity (Wildman–Crippen MR) is 170 cm³/mol. The van der Waals surface area contributed by atoms with Crippen LogP contribution in [0.1, 0.15) is 40.5 Å². The molecule has 4 N–H and O–H groups in total. The van der Waals surface area contributed by atoms with Gasteiger partial charge in [0, 0.05) is 18.0 Å². The fraction of sp³-hybridized carbons (Fsp3) is 0.452. The van der Waals surface area contributed by atoms with Gasteiger partial charge in [0.1, 0.15) is 35.7 Å². The van der Waals surface area contributed by atoms with Gasteiger partial charge in [0.25, 0.3) is 0 Å². The van der Waals surface area contributed by atoms with E-state index in [0.29, 0.717) is 69.8 Å². The number of amides is 3. The molecule has 14 heteroatoms. The smallest absolute Gasteiger partial charge is 0.247 e. The molecule has 0 spiro atoms. The highest BCUT2D eigenvalue weighted by molar-refractivity contribution is 6.34. The van der Waals surface area contributed by atoms with Gasteiger partial charge < -0.3 is 40.4 Å². The Balaban J connectivity index is 1.42. The van der Waals surface area contributed by atoms with E-state index in [9.17, 15) is 14.4 Å². The van der Waals surface area contributed by atoms with Crippen molar-refractivity contribution < 1.29 is 28.6 Å². The summed E-state index contributed by atoms with van der Waals surface area (Å²) in [6, 6.07) is 4.78. The average Bonchev–Trinajstić information content (AvgIpc) is 3.70. The van der Waals surface area contributed by atoms with E-state index in [1.54, 1.807) is 43.1 Å². The lowest BCUT2D eigenvalue weighted by Gasteiger charge is -2.36. The van der Waals surface area contributed by atoms with Crippen LogP contribution < -0.4 is 35.5 Å². The van der Waals surface area contributed by atoms with Crippen molar-refractivity contribution in [1.29, 1.82) is 0 Å². The van der Waals surface area contributed by atoms with E-state index in [1.807, 2.05) is 20.8 Å². The minimum Gasteiger partial charge on any atom is -0.494 e. The molecule has 0 bridgehead atoms. The number of nitrogens with zero attached hydrogens (tertiary/aromatic N) is 3. The number of aromatic nitrogens is 2. The van der Waals surface area contributed by atoms with Crippen LogP contribution in [-0.4, -0.2) is 78.2 Å². The fourth-order valence-electron chi connectivity index (χ4n) is 5.37. The van der Waals surface area contributed by atoms with Crippen molar-refractivity contribution in [1.82, 2.24) is 25.5 Å². The zero-order chi connectivity index (χ0) is 32.5. The molecular formula is C31H38ClN7O6. The minimum absolute atomic E-state index is 0.0703. The van der Waals surface area contributed by atoms with Gasteiger partial charge in [-0.25, -0.2) is 9.97 Å². The van der Waals surface area contributed by atoms with Gasteiger partial charge in [-0.3, -0.25) is 14.4 Å². The average molecular weight is 640 g/mol. The number of carbonyl (C=O) groups excluding carboxylic acids is 3. The van der Waals surface area contributed by atoms with E-state index < -0.39 is 23.5 Å². The summed E-state index contributed by atoms with van der Waals surface area (Å²) in [4.78, 5) is 50.7. The maximum atomic E-state index is 13.9. The molecular weight excluding hydrogens is 602 g/mol. The fourth-order valence-corrected chi connectivity index (χ4v) is 5.56. The van der Waals surface area contributed by atoms with Gasteiger partial charge >= 0.3 is 0 Å². The molecule has 240 valence electrons. The molecule has 3 atom stereocenters. The highest BCUT2D eigenvalue weighted by atomic mass is 35.5. The number of fused-ring (bicyclic) bond motifs is 2. The topological polar surface area (TPSA) is 156 Å². The standard InChI is InChI=1S/C31H38ClN7O6/c1-16(33-5)28(40)38-26(31(2,3)4)30(42)39-11-7-8-21(39)29(41)36-20-12-17-19(13-23(20)43-6)34-14-35-27(17)37-24-18(32)9-10-22-25(24)45-15-44-22/h9-10,12-14,16,21,26,33H,7-8,11,15H2,1-6H3,(H,36,41)(H,38,40)(H,34,35,37). The van der Waals surface area contributed by atoms with Crippen molar-refractivity contribution in [3.05, 3.63) is 35.6 Å². The molecule has 1 fully saturated rings. The first-order valence-electron chi connectivity index (χ1n) is 14.7. The number of nitrogens with one attached hydrogen (secondary N) is 4. The summed E-state index contributed by atoms with van der Waals surface area (Å²) >= 11 is 6.49. The molecule has 1 saturated heterocycles. The molecule has 45 heavy (non-hydrogen) atoms. The normalized spacial score (nSPS) is 17.1. The van der Waals surface area contributed by atoms with E-state index in [1.165, 1.54) is 13.4 Å². The molecule has 3 unspecified atom stereocenters. The first kappa shape index (κ1) is 32.0. The van der Waals surface area contributed by atoms with Crippen LogP contribution in [-0.2, 0) is 14.4 Å². The van der Waals surface area contributed by atoms with Crippen LogP contribution in [0.15, 0.2) is 30.6 Å². The number of likely N-dealkylation sites (N-methyl/N-ethyl adjacent to an activating group) is 1. The van der Waals surface area contributed by atoms with Crippen molar-refractivity contribution in [2.75, 3.05) is 38.1 Å². The van der Waals surface area contributed by atoms with Crippen LogP contribution in [0.3, 0.4) is 0 Å². The molecule has 2 aliphatic heterocycles. The zero-order valence-electron chi connectivity index (χ0n) is 26.1. The van der Waals surface area contributed by atoms with Gasteiger partial charge in [-0.05, 0) is 50.4 Å². The molecule has 3 aromatic rings. The number of benzene rings is 2. The second-order valence-corrected chi connectivity index (χ2v) is 12.5. The van der Waals surface area contributed by atoms with Crippen molar-refractivity contribution in [2.24, 2.45) is 5.41 Å². The Hall–Kier alpha value is -4.36. The van der Waals surface area contributed by atoms with Gasteiger partial charge in [0.2, 0.25) is 24.5 Å². The Kier molecular flexibility index (Phi) is 9.21. The van der Waals surface area contributed by atoms with E-state index in [2.05, 4.69) is 31.2 Å². The summed E-state index contributed by atoms with van der Waals surface area (Å²) in [6.45, 7) is 7.84. The third-order valence-corrected chi connectivity index (χ3v) is 8.33. The SMILES string of the molecule is CNC(C)C(=O)NC(C(=O)N1CCCC1C(=O)Nc1cc2c(Nc3c(Cl)ccc4c3OCO4)ncnc2cc1OC)C(C)(C)C. The van der Waals surface area contributed by atoms with E-state index >= 15 is 0 Å². The lowest BCUT2D eigenvalue weighted by Crippen LogP contribution is -2.59. The van der Waals surface area contributed by atoms with E-state index in [0.717, 1.165) is 0 Å². The van der Waals surface area contributed by atoms with Gasteiger partial charge in [-0.2, -0.15) is 0 Å². The largest absolute Gasteiger partial charge is 0.494 e. The number of halogens is 1. The summed E-state index contributed by atoms with van der Waals surface area (Å²) in [5, 5.41) is 13.0. The molecule has 3 amide bonds. The summed E-state index contributed by atoms with van der Waals surface area (Å²) < 4.78 is 16.7. The Morgan fingerprint density at radius 2 is 1.93 bits per heavy atom. The minimum atomic E-state index is -0.823. The molecule has 3 heterocycles. The number of carbonyl (C=O) groups is 3. The van der Waals surface area contributed by atoms with Gasteiger partial charge in [0.15, 0.2) is 11.5 Å². The van der Waals surface area contributed by atoms with Crippen LogP contribution in [0.2, 0.25) is 5.02 Å². The summed E-state index contributed by atoms with van der Waals surface area (Å²) in [6.07, 6.45) is 2.52. The van der Waals surface area contributed by atoms with Crippen molar-refractivity contribution in [3.63, 3.8) is 0 Å². The molecule has 0 aliphatic carbocycles. The molecule has 0 saturated carbocycles. The number of hydrogen-bond donors (Lipinski definition) is 4. The zero-order valence-corrected chi connectivity index (χ0v) is 26.9. The lowest BCUT2D eigenvalue weighted by atomic mass is 9.85. The van der Waals surface area contributed by atoms with Crippen molar-refractivity contribution in [3.8, 4) is 17.2 Å². The van der Waals surface area contributed by atoms with Gasteiger partial charge in [0.05, 0.1) is 29.4 Å². The highest BCUT2D eigenvalue weighted by Crippen LogP contribution is 2.45. The second-order valence-electron chi connectivity index (χ2n) is 12.1. The molecule has 2 aromatic carbocycles. The Labute approximate surface area is 266 Å². The van der Waals surface area contributed by atoms with Crippen LogP contribution in [0, 0.1) is 5.41 Å². The lowest BCUT2D eigenvalue weighted by molar-refractivity contribution is -0.143. The molecule has 13 nitrogen and oxygen atoms in total. The monoisotopic (exact) mass is 639 g/mol. The van der Waals surface area contributed by atoms with Gasteiger partial charge in [-0.1, -0.05) is 32.4 Å². The number of likely N-dealkylation sites (tertiary alicyclic amines) is 1. The van der Waals surface area contributed by atoms with E-state index in [-0.39, 0.29) is 24.5 Å². The maximum absolute atomic E-state index is 13.9. The quantitative estimate of drug-likeness (QED) is 0.271. The van der Waals surface area contributed by atoms with Crippen LogP contribution in [0.5, 0.6) is 17.2 Å². The first-order valence-corrected chi connectivity index (χ1v) is 15.1. The molecule has 0 radical (unpaired) electrons. The van der Waals surface area contributed by atoms with E-state index in [4.69, 9.17) is 25.8 Å². The molecule has 5 rings (SSSR count). The summed E-state index contributed by atoms with van der Waals surface area (Å²) in [7, 11) is 3.17. The van der Waals surface area contributed by atoms with Crippen molar-refractivity contribution in [2.45, 2.75) is 58.7 Å². The number of ether oxygens (including phenoxy) is 3. The second kappa shape index (κ2) is 12.9. The molecule has 1 aromatic heterocycles. The Morgan fingerprint density at radius 3 is 2.64 bits per heavy atom. The molecule has 2 aliphatic rings. The van der Waals surface area contributed by atoms with Crippen LogP contribution >= 0.6 is 11.6 Å². The summed E-state index contributed by atoms with van der Waals surface area (Å²) in [5.74, 6) is 0.846. The third kappa shape index (κ3) is 6.54. The third-order valence-electron chi connectivity index (χ3n) is 8.01. The maximum Gasteiger partial charge on any atom is 0.247 e. The Morgan fingerprint density at radius 1 is 1.16 bits per heavy atom. The number of anilines is 3. The van der Waals surface area contributed by atoms with Gasteiger partial charge in [-0.15, -0.1) is 0 Å². The first-order chi connectivity index (χ1) is 21.4. The number of methoxy groups -OCH3 is 1. The van der Waals surface area contributed by atoms with Crippen LogP contribution in [0.25, 0.3) is 10.9 Å². The number of hydrogen-bond acceptors (Lipinski definition) is 10. The van der Waals surface area contributed by atoms with Crippen LogP contribution in [0.4, 0.5) is 17.2 Å². The summed E-state index contributed by atoms with van der Waals surface area (Å²) in [5.41, 5.74) is 0.825. The predicted octanol–water partition coefficient (Wildman–Crippen LogP) is 3.83.